The minimum absolute atomic E-state index is 0.581. The van der Waals surface area contributed by atoms with Crippen molar-refractivity contribution in [3.05, 3.63) is 52.4 Å². The first-order valence-electron chi connectivity index (χ1n) is 4.80. The summed E-state index contributed by atoms with van der Waals surface area (Å²) in [6.07, 6.45) is 0. The first-order chi connectivity index (χ1) is 6.97. The van der Waals surface area contributed by atoms with Gasteiger partial charge in [0.05, 0.1) is 5.54 Å². The summed E-state index contributed by atoms with van der Waals surface area (Å²) in [6.45, 7) is 9.73. The number of nitrogens with zero attached hydrogens (tertiary/aromatic N) is 3. The largest absolute Gasteiger partial charge is 0.0946 e. The minimum atomic E-state index is -0.581. The van der Waals surface area contributed by atoms with Crippen LogP contribution in [-0.4, -0.2) is 5.54 Å². The fourth-order valence-electron chi connectivity index (χ4n) is 1.36. The second-order valence-corrected chi connectivity index (χ2v) is 4.10. The fourth-order valence-corrected chi connectivity index (χ4v) is 1.36. The molecule has 78 valence electrons. The van der Waals surface area contributed by atoms with Crippen LogP contribution >= 0.6 is 0 Å². The Bertz CT molecular complexity index is 426. The van der Waals surface area contributed by atoms with Gasteiger partial charge in [0.15, 0.2) is 0 Å². The summed E-state index contributed by atoms with van der Waals surface area (Å²) in [5.41, 5.74) is 10.9. The van der Waals surface area contributed by atoms with Crippen molar-refractivity contribution in [3.63, 3.8) is 0 Å². The van der Waals surface area contributed by atoms with Crippen LogP contribution < -0.4 is 0 Å². The van der Waals surface area contributed by atoms with Gasteiger partial charge in [-0.3, -0.25) is 0 Å². The van der Waals surface area contributed by atoms with E-state index in [1.807, 2.05) is 45.0 Å². The maximum absolute atomic E-state index is 8.47. The van der Waals surface area contributed by atoms with Gasteiger partial charge in [0.1, 0.15) is 0 Å². The van der Waals surface area contributed by atoms with Crippen molar-refractivity contribution in [2.75, 3.05) is 0 Å². The molecule has 0 unspecified atom stereocenters. The molecule has 0 radical (unpaired) electrons. The molecule has 0 saturated heterocycles. The van der Waals surface area contributed by atoms with Gasteiger partial charge < -0.3 is 0 Å². The predicted molar refractivity (Wildman–Crippen MR) is 63.4 cm³/mol. The van der Waals surface area contributed by atoms with Gasteiger partial charge in [-0.05, 0) is 23.6 Å². The zero-order chi connectivity index (χ0) is 11.5. The molecule has 0 N–H and O–H groups in total. The predicted octanol–water partition coefficient (Wildman–Crippen LogP) is 4.10. The van der Waals surface area contributed by atoms with Crippen LogP contribution in [0.2, 0.25) is 0 Å². The van der Waals surface area contributed by atoms with Crippen molar-refractivity contribution in [2.45, 2.75) is 26.3 Å². The average molecular weight is 201 g/mol. The van der Waals surface area contributed by atoms with E-state index in [-0.39, 0.29) is 0 Å². The Hall–Kier alpha value is -1.73. The number of hydrogen-bond acceptors (Lipinski definition) is 1. The Kier molecular flexibility index (Phi) is 3.17. The maximum atomic E-state index is 8.47. The Morgan fingerprint density at radius 1 is 1.47 bits per heavy atom. The van der Waals surface area contributed by atoms with E-state index in [0.717, 1.165) is 11.1 Å². The van der Waals surface area contributed by atoms with E-state index >= 15 is 0 Å². The molecule has 0 amide bonds. The van der Waals surface area contributed by atoms with E-state index in [0.29, 0.717) is 0 Å². The molecule has 0 fully saturated rings. The van der Waals surface area contributed by atoms with Crippen LogP contribution in [0, 0.1) is 6.92 Å². The zero-order valence-electron chi connectivity index (χ0n) is 9.36. The summed E-state index contributed by atoms with van der Waals surface area (Å²) >= 11 is 0. The molecule has 0 heterocycles. The van der Waals surface area contributed by atoms with E-state index in [4.69, 9.17) is 5.53 Å². The van der Waals surface area contributed by atoms with Crippen LogP contribution in [-0.2, 0) is 0 Å². The van der Waals surface area contributed by atoms with E-state index < -0.39 is 5.54 Å². The molecule has 0 aromatic heterocycles. The standard InChI is InChI=1S/C12H15N3/c1-9-6-5-7-11(8-9)10(2)12(3,4)14-15-13/h5-8H,2H2,1,3-4H3. The number of benzene rings is 1. The minimum Gasteiger partial charge on any atom is -0.0946 e. The summed E-state index contributed by atoms with van der Waals surface area (Å²) in [6, 6.07) is 8.01. The normalized spacial score (nSPS) is 10.6. The molecule has 0 spiro atoms. The van der Waals surface area contributed by atoms with Gasteiger partial charge in [-0.25, -0.2) is 0 Å². The van der Waals surface area contributed by atoms with Crippen molar-refractivity contribution in [3.8, 4) is 0 Å². The second-order valence-electron chi connectivity index (χ2n) is 4.10. The lowest BCUT2D eigenvalue weighted by Crippen LogP contribution is -2.17. The van der Waals surface area contributed by atoms with Gasteiger partial charge in [-0.15, -0.1) is 0 Å². The van der Waals surface area contributed by atoms with Gasteiger partial charge in [0.25, 0.3) is 0 Å². The summed E-state index contributed by atoms with van der Waals surface area (Å²) in [5.74, 6) is 0. The Balaban J connectivity index is 3.09. The second kappa shape index (κ2) is 4.20. The molecule has 0 saturated carbocycles. The first-order valence-corrected chi connectivity index (χ1v) is 4.80. The summed E-state index contributed by atoms with van der Waals surface area (Å²) in [4.78, 5) is 2.84. The highest BCUT2D eigenvalue weighted by Crippen LogP contribution is 2.28. The fraction of sp³-hybridized carbons (Fsp3) is 0.333. The molecule has 0 aliphatic heterocycles. The highest BCUT2D eigenvalue weighted by Gasteiger charge is 2.20. The number of hydrogen-bond donors (Lipinski definition) is 0. The van der Waals surface area contributed by atoms with Gasteiger partial charge in [-0.1, -0.05) is 55.4 Å². The molecule has 1 aromatic carbocycles. The smallest absolute Gasteiger partial charge is 0.0681 e. The molecule has 3 nitrogen and oxygen atoms in total. The number of azide groups is 1. The van der Waals surface area contributed by atoms with Gasteiger partial charge >= 0.3 is 0 Å². The molecule has 15 heavy (non-hydrogen) atoms. The van der Waals surface area contributed by atoms with Gasteiger partial charge in [0, 0.05) is 4.91 Å². The average Bonchev–Trinajstić information content (AvgIpc) is 2.16. The highest BCUT2D eigenvalue weighted by molar-refractivity contribution is 5.70. The third-order valence-corrected chi connectivity index (χ3v) is 2.40. The molecule has 0 bridgehead atoms. The lowest BCUT2D eigenvalue weighted by molar-refractivity contribution is 0.670. The molecular formula is C12H15N3. The molecular weight excluding hydrogens is 186 g/mol. The van der Waals surface area contributed by atoms with Gasteiger partial charge in [0.2, 0.25) is 0 Å². The lowest BCUT2D eigenvalue weighted by atomic mass is 9.90. The first kappa shape index (κ1) is 11.3. The topological polar surface area (TPSA) is 48.8 Å². The molecule has 0 aliphatic rings. The van der Waals surface area contributed by atoms with Crippen molar-refractivity contribution < 1.29 is 0 Å². The monoisotopic (exact) mass is 201 g/mol. The van der Waals surface area contributed by atoms with Crippen molar-refractivity contribution >= 4 is 5.57 Å². The number of rotatable bonds is 3. The summed E-state index contributed by atoms with van der Waals surface area (Å²) < 4.78 is 0. The number of aryl methyl sites for hydroxylation is 1. The van der Waals surface area contributed by atoms with E-state index in [1.54, 1.807) is 0 Å². The van der Waals surface area contributed by atoms with E-state index in [1.165, 1.54) is 5.56 Å². The van der Waals surface area contributed by atoms with Crippen molar-refractivity contribution in [1.82, 2.24) is 0 Å². The molecule has 1 rings (SSSR count). The van der Waals surface area contributed by atoms with Crippen LogP contribution in [0.4, 0.5) is 0 Å². The molecule has 1 aromatic rings. The molecule has 3 heteroatoms. The third kappa shape index (κ3) is 2.61. The van der Waals surface area contributed by atoms with Gasteiger partial charge in [-0.2, -0.15) is 0 Å². The van der Waals surface area contributed by atoms with E-state index in [2.05, 4.69) is 16.6 Å². The Morgan fingerprint density at radius 2 is 2.13 bits per heavy atom. The van der Waals surface area contributed by atoms with Crippen molar-refractivity contribution in [2.24, 2.45) is 5.11 Å². The molecule has 0 atom stereocenters. The quantitative estimate of drug-likeness (QED) is 0.401. The Morgan fingerprint density at radius 3 is 2.67 bits per heavy atom. The molecule has 0 aliphatic carbocycles. The van der Waals surface area contributed by atoms with Crippen LogP contribution in [0.25, 0.3) is 16.0 Å². The highest BCUT2D eigenvalue weighted by atomic mass is 15.2. The summed E-state index contributed by atoms with van der Waals surface area (Å²) in [5, 5.41) is 3.74. The zero-order valence-corrected chi connectivity index (χ0v) is 9.36. The van der Waals surface area contributed by atoms with E-state index in [9.17, 15) is 0 Å². The lowest BCUT2D eigenvalue weighted by Gasteiger charge is -2.21. The van der Waals surface area contributed by atoms with Crippen molar-refractivity contribution in [1.29, 1.82) is 0 Å². The van der Waals surface area contributed by atoms with Crippen LogP contribution in [0.1, 0.15) is 25.0 Å². The van der Waals surface area contributed by atoms with Crippen LogP contribution in [0.15, 0.2) is 36.0 Å². The van der Waals surface area contributed by atoms with Crippen LogP contribution in [0.5, 0.6) is 0 Å². The Labute approximate surface area is 90.1 Å². The maximum Gasteiger partial charge on any atom is 0.0681 e. The third-order valence-electron chi connectivity index (χ3n) is 2.40. The summed E-state index contributed by atoms with van der Waals surface area (Å²) in [7, 11) is 0. The van der Waals surface area contributed by atoms with Crippen LogP contribution in [0.3, 0.4) is 0 Å². The SMILES string of the molecule is C=C(c1cccc(C)c1)C(C)(C)N=[N+]=[N-].